The highest BCUT2D eigenvalue weighted by atomic mass is 16.5. The van der Waals surface area contributed by atoms with Gasteiger partial charge in [-0.25, -0.2) is 4.98 Å². The Labute approximate surface area is 207 Å². The fourth-order valence-electron chi connectivity index (χ4n) is 4.31. The largest absolute Gasteiger partial charge is 0.492 e. The van der Waals surface area contributed by atoms with Crippen molar-refractivity contribution in [3.8, 4) is 11.8 Å². The van der Waals surface area contributed by atoms with E-state index in [1.807, 2.05) is 13.8 Å². The predicted molar refractivity (Wildman–Crippen MR) is 132 cm³/mol. The summed E-state index contributed by atoms with van der Waals surface area (Å²) in [6.45, 7) is 6.62. The van der Waals surface area contributed by atoms with Crippen LogP contribution in [0.5, 0.6) is 11.8 Å². The van der Waals surface area contributed by atoms with Gasteiger partial charge < -0.3 is 20.1 Å². The van der Waals surface area contributed by atoms with E-state index in [9.17, 15) is 19.5 Å². The summed E-state index contributed by atoms with van der Waals surface area (Å²) in [5, 5.41) is 18.1. The third-order valence-corrected chi connectivity index (χ3v) is 6.16. The van der Waals surface area contributed by atoms with Crippen LogP contribution < -0.4 is 20.5 Å². The number of hydrogen-bond donors (Lipinski definition) is 2. The summed E-state index contributed by atoms with van der Waals surface area (Å²) in [5.41, 5.74) is 0.971. The molecule has 0 saturated heterocycles. The molecule has 11 nitrogen and oxygen atoms in total. The standard InChI is InChI=1S/C25H28N6O5/c1-14(2)13-30-23-17(8-9-19(32)29-11-12-36-22-18(29)5-4-10-26-22)15(3)28-31(23)25(35)20(24(30)34)21(33)27-16-6-7-16/h4-5,8-10,14,16,35H,6-7,11-13H2,1-3H3,(H,27,33). The van der Waals surface area contributed by atoms with Crippen LogP contribution in [-0.2, 0) is 11.3 Å². The molecule has 0 unspecified atom stereocenters. The maximum absolute atomic E-state index is 13.4. The molecule has 1 fully saturated rings. The zero-order chi connectivity index (χ0) is 25.6. The monoisotopic (exact) mass is 492 g/mol. The van der Waals surface area contributed by atoms with Crippen molar-refractivity contribution in [3.05, 3.63) is 51.6 Å². The van der Waals surface area contributed by atoms with Gasteiger partial charge in [-0.3, -0.25) is 19.0 Å². The minimum atomic E-state index is -0.612. The number of amides is 2. The molecule has 0 spiro atoms. The van der Waals surface area contributed by atoms with Crippen LogP contribution >= 0.6 is 0 Å². The first-order valence-electron chi connectivity index (χ1n) is 12.0. The molecule has 3 aromatic rings. The van der Waals surface area contributed by atoms with Crippen LogP contribution in [0.2, 0.25) is 0 Å². The van der Waals surface area contributed by atoms with E-state index in [-0.39, 0.29) is 23.4 Å². The third kappa shape index (κ3) is 4.21. The third-order valence-electron chi connectivity index (χ3n) is 6.16. The zero-order valence-corrected chi connectivity index (χ0v) is 20.4. The molecule has 2 N–H and O–H groups in total. The van der Waals surface area contributed by atoms with E-state index in [4.69, 9.17) is 4.74 Å². The Balaban J connectivity index is 1.58. The second-order valence-corrected chi connectivity index (χ2v) is 9.49. The van der Waals surface area contributed by atoms with Crippen LogP contribution in [0.3, 0.4) is 0 Å². The number of rotatable bonds is 6. The lowest BCUT2D eigenvalue weighted by atomic mass is 10.1. The molecule has 188 valence electrons. The highest BCUT2D eigenvalue weighted by Crippen LogP contribution is 2.29. The fraction of sp³-hybridized carbons (Fsp3) is 0.400. The molecule has 2 amide bonds. The van der Waals surface area contributed by atoms with Crippen molar-refractivity contribution in [3.63, 3.8) is 0 Å². The number of hydrogen-bond acceptors (Lipinski definition) is 7. The van der Waals surface area contributed by atoms with Gasteiger partial charge in [0.2, 0.25) is 11.8 Å². The molecule has 1 saturated carbocycles. The van der Waals surface area contributed by atoms with E-state index in [2.05, 4.69) is 15.4 Å². The van der Waals surface area contributed by atoms with Crippen molar-refractivity contribution in [2.45, 2.75) is 46.2 Å². The first-order chi connectivity index (χ1) is 17.3. The number of ether oxygens (including phenoxy) is 1. The first kappa shape index (κ1) is 23.6. The van der Waals surface area contributed by atoms with Crippen LogP contribution in [0.4, 0.5) is 5.69 Å². The molecule has 1 aliphatic heterocycles. The average molecular weight is 493 g/mol. The molecule has 2 aliphatic rings. The zero-order valence-electron chi connectivity index (χ0n) is 20.4. The van der Waals surface area contributed by atoms with Gasteiger partial charge in [-0.2, -0.15) is 9.61 Å². The van der Waals surface area contributed by atoms with Gasteiger partial charge in [0.15, 0.2) is 5.56 Å². The SMILES string of the molecule is Cc1nn2c(O)c(C(=O)NC3CC3)c(=O)n(CC(C)C)c2c1C=CC(=O)N1CCOc2ncccc21. The molecule has 0 atom stereocenters. The van der Waals surface area contributed by atoms with Gasteiger partial charge in [0.05, 0.1) is 12.2 Å². The van der Waals surface area contributed by atoms with Crippen LogP contribution in [0, 0.1) is 12.8 Å². The molecule has 0 bridgehead atoms. The van der Waals surface area contributed by atoms with Crippen molar-refractivity contribution < 1.29 is 19.4 Å². The quantitative estimate of drug-likeness (QED) is 0.503. The molecule has 36 heavy (non-hydrogen) atoms. The Morgan fingerprint density at radius 2 is 2.11 bits per heavy atom. The summed E-state index contributed by atoms with van der Waals surface area (Å²) >= 11 is 0. The minimum absolute atomic E-state index is 0.0231. The van der Waals surface area contributed by atoms with E-state index in [0.29, 0.717) is 48.2 Å². The minimum Gasteiger partial charge on any atom is -0.492 e. The van der Waals surface area contributed by atoms with Crippen LogP contribution in [0.1, 0.15) is 48.3 Å². The van der Waals surface area contributed by atoms with Gasteiger partial charge in [-0.05, 0) is 43.9 Å². The first-order valence-corrected chi connectivity index (χ1v) is 12.0. The summed E-state index contributed by atoms with van der Waals surface area (Å²) < 4.78 is 8.18. The number of carbonyl (C=O) groups excluding carboxylic acids is 2. The maximum Gasteiger partial charge on any atom is 0.270 e. The van der Waals surface area contributed by atoms with E-state index >= 15 is 0 Å². The Bertz CT molecular complexity index is 1450. The maximum atomic E-state index is 13.4. The summed E-state index contributed by atoms with van der Waals surface area (Å²) in [6, 6.07) is 3.52. The number of fused-ring (bicyclic) bond motifs is 2. The molecule has 5 rings (SSSR count). The number of aryl methyl sites for hydroxylation is 1. The summed E-state index contributed by atoms with van der Waals surface area (Å²) in [5.74, 6) is -0.949. The lowest BCUT2D eigenvalue weighted by Gasteiger charge is -2.27. The van der Waals surface area contributed by atoms with Gasteiger partial charge in [0.1, 0.15) is 17.9 Å². The number of pyridine rings is 1. The Morgan fingerprint density at radius 1 is 1.33 bits per heavy atom. The topological polar surface area (TPSA) is 131 Å². The molecule has 4 heterocycles. The van der Waals surface area contributed by atoms with E-state index in [1.165, 1.54) is 15.2 Å². The number of anilines is 1. The van der Waals surface area contributed by atoms with Crippen molar-refractivity contribution in [1.29, 1.82) is 0 Å². The second-order valence-electron chi connectivity index (χ2n) is 9.49. The van der Waals surface area contributed by atoms with Gasteiger partial charge in [-0.15, -0.1) is 0 Å². The van der Waals surface area contributed by atoms with Gasteiger partial charge in [0.25, 0.3) is 17.4 Å². The molecule has 11 heteroatoms. The highest BCUT2D eigenvalue weighted by Gasteiger charge is 2.30. The number of aromatic hydroxyl groups is 1. The summed E-state index contributed by atoms with van der Waals surface area (Å²) in [7, 11) is 0. The second kappa shape index (κ2) is 9.14. The molecule has 0 aromatic carbocycles. The van der Waals surface area contributed by atoms with E-state index in [1.54, 1.807) is 36.2 Å². The van der Waals surface area contributed by atoms with Crippen LogP contribution in [-0.4, -0.2) is 55.3 Å². The van der Waals surface area contributed by atoms with Crippen molar-refractivity contribution in [2.75, 3.05) is 18.1 Å². The molecule has 0 radical (unpaired) electrons. The van der Waals surface area contributed by atoms with E-state index in [0.717, 1.165) is 12.8 Å². The highest BCUT2D eigenvalue weighted by molar-refractivity contribution is 6.05. The normalized spacial score (nSPS) is 15.4. The van der Waals surface area contributed by atoms with Gasteiger partial charge >= 0.3 is 0 Å². The van der Waals surface area contributed by atoms with Crippen molar-refractivity contribution >= 4 is 29.2 Å². The molecule has 1 aliphatic carbocycles. The lowest BCUT2D eigenvalue weighted by Crippen LogP contribution is -2.37. The predicted octanol–water partition coefficient (Wildman–Crippen LogP) is 1.89. The molecular weight excluding hydrogens is 464 g/mol. The van der Waals surface area contributed by atoms with Crippen LogP contribution in [0.15, 0.2) is 29.2 Å². The van der Waals surface area contributed by atoms with Crippen molar-refractivity contribution in [2.24, 2.45) is 5.92 Å². The number of aromatic nitrogens is 4. The van der Waals surface area contributed by atoms with Crippen molar-refractivity contribution in [1.82, 2.24) is 24.5 Å². The van der Waals surface area contributed by atoms with Gasteiger partial charge in [-0.1, -0.05) is 13.8 Å². The Morgan fingerprint density at radius 3 is 2.83 bits per heavy atom. The van der Waals surface area contributed by atoms with Gasteiger partial charge in [0, 0.05) is 30.4 Å². The average Bonchev–Trinajstić information content (AvgIpc) is 3.60. The number of carbonyl (C=O) groups is 2. The summed E-state index contributed by atoms with van der Waals surface area (Å²) in [6.07, 6.45) is 6.29. The number of nitrogens with zero attached hydrogens (tertiary/aromatic N) is 5. The number of nitrogens with one attached hydrogen (secondary N) is 1. The molecule has 3 aromatic heterocycles. The smallest absolute Gasteiger partial charge is 0.270 e. The molecular formula is C25H28N6O5. The lowest BCUT2D eigenvalue weighted by molar-refractivity contribution is -0.114. The Hall–Kier alpha value is -4.15. The van der Waals surface area contributed by atoms with Crippen LogP contribution in [0.25, 0.3) is 11.7 Å². The van der Waals surface area contributed by atoms with E-state index < -0.39 is 17.3 Å². The fourth-order valence-corrected chi connectivity index (χ4v) is 4.31. The summed E-state index contributed by atoms with van der Waals surface area (Å²) in [4.78, 5) is 45.1. The Kier molecular flexibility index (Phi) is 5.99.